The monoisotopic (exact) mass is 543 g/mol. The number of aliphatic carboxylic acids is 1. The van der Waals surface area contributed by atoms with E-state index in [4.69, 9.17) is 9.05 Å². The molecule has 0 aliphatic carbocycles. The summed E-state index contributed by atoms with van der Waals surface area (Å²) in [6.07, 6.45) is 2.09. The molecule has 2 aromatic rings. The Bertz CT molecular complexity index is 1120. The fourth-order valence-corrected chi connectivity index (χ4v) is 6.33. The zero-order valence-electron chi connectivity index (χ0n) is 21.4. The highest BCUT2D eigenvalue weighted by atomic mass is 31.2. The van der Waals surface area contributed by atoms with Crippen LogP contribution in [0.4, 0.5) is 0 Å². The van der Waals surface area contributed by atoms with Gasteiger partial charge in [0.15, 0.2) is 0 Å². The van der Waals surface area contributed by atoms with Crippen LogP contribution in [0.3, 0.4) is 0 Å². The molecular weight excluding hydrogens is 509 g/mol. The smallest absolute Gasteiger partial charge is 0.406 e. The first-order valence-electron chi connectivity index (χ1n) is 12.9. The van der Waals surface area contributed by atoms with E-state index in [1.54, 1.807) is 6.92 Å². The quantitative estimate of drug-likeness (QED) is 0.412. The molecule has 11 heteroatoms. The topological polar surface area (TPSA) is 125 Å². The number of hydrogen-bond donors (Lipinski definition) is 2. The number of benzene rings is 2. The van der Waals surface area contributed by atoms with Gasteiger partial charge < -0.3 is 14.9 Å². The molecular formula is C27H34N3O7P. The summed E-state index contributed by atoms with van der Waals surface area (Å²) in [4.78, 5) is 41.1. The molecule has 0 bridgehead atoms. The highest BCUT2D eigenvalue weighted by molar-refractivity contribution is 7.51. The van der Waals surface area contributed by atoms with Gasteiger partial charge >= 0.3 is 13.7 Å². The Morgan fingerprint density at radius 2 is 1.39 bits per heavy atom. The van der Waals surface area contributed by atoms with Crippen molar-refractivity contribution >= 4 is 25.5 Å². The first-order valence-corrected chi connectivity index (χ1v) is 14.4. The lowest BCUT2D eigenvalue weighted by atomic mass is 10.1. The molecule has 2 aliphatic rings. The maximum atomic E-state index is 13.8. The van der Waals surface area contributed by atoms with E-state index in [-0.39, 0.29) is 19.1 Å². The largest absolute Gasteiger partial charge is 0.480 e. The number of amides is 2. The predicted octanol–water partition coefficient (Wildman–Crippen LogP) is 3.57. The van der Waals surface area contributed by atoms with E-state index < -0.39 is 37.7 Å². The molecule has 4 rings (SSSR count). The lowest BCUT2D eigenvalue weighted by Crippen LogP contribution is -2.53. The average molecular weight is 544 g/mol. The minimum Gasteiger partial charge on any atom is -0.480 e. The number of hydrogen-bond acceptors (Lipinski definition) is 6. The van der Waals surface area contributed by atoms with E-state index in [2.05, 4.69) is 5.09 Å². The molecule has 0 saturated carbocycles. The summed E-state index contributed by atoms with van der Waals surface area (Å²) >= 11 is 0. The van der Waals surface area contributed by atoms with Crippen molar-refractivity contribution in [3.63, 3.8) is 0 Å². The van der Waals surface area contributed by atoms with E-state index in [1.807, 2.05) is 60.7 Å². The van der Waals surface area contributed by atoms with Crippen molar-refractivity contribution < 1.29 is 33.1 Å². The van der Waals surface area contributed by atoms with Crippen molar-refractivity contribution in [1.82, 2.24) is 14.9 Å². The van der Waals surface area contributed by atoms with E-state index in [9.17, 15) is 24.1 Å². The Morgan fingerprint density at radius 1 is 0.895 bits per heavy atom. The summed E-state index contributed by atoms with van der Waals surface area (Å²) in [7, 11) is -3.96. The maximum Gasteiger partial charge on any atom is 0.406 e. The number of likely N-dealkylation sites (tertiary alicyclic amines) is 2. The molecule has 0 radical (unpaired) electrons. The zero-order chi connectivity index (χ0) is 27.1. The van der Waals surface area contributed by atoms with Gasteiger partial charge in [-0.2, -0.15) is 0 Å². The summed E-state index contributed by atoms with van der Waals surface area (Å²) in [6.45, 7) is 2.29. The summed E-state index contributed by atoms with van der Waals surface area (Å²) in [5.41, 5.74) is 1.58. The molecule has 2 fully saturated rings. The predicted molar refractivity (Wildman–Crippen MR) is 140 cm³/mol. The molecule has 2 amide bonds. The van der Waals surface area contributed by atoms with Crippen LogP contribution in [0, 0.1) is 0 Å². The van der Waals surface area contributed by atoms with Crippen LogP contribution in [-0.4, -0.2) is 63.9 Å². The van der Waals surface area contributed by atoms with Gasteiger partial charge in [-0.1, -0.05) is 60.7 Å². The SMILES string of the molecule is C[C@H](NP(=O)(OCc1ccccc1)OCc1ccccc1)C(=O)N1CCC[C@H]1C(=O)N1CCC[C@H]1C(=O)O. The molecule has 0 unspecified atom stereocenters. The highest BCUT2D eigenvalue weighted by Gasteiger charge is 2.43. The Kier molecular flexibility index (Phi) is 9.33. The van der Waals surface area contributed by atoms with Crippen LogP contribution >= 0.6 is 7.75 Å². The minimum absolute atomic E-state index is 0.0111. The average Bonchev–Trinajstić information content (AvgIpc) is 3.62. The molecule has 2 aromatic carbocycles. The fourth-order valence-electron chi connectivity index (χ4n) is 4.89. The number of carbonyl (C=O) groups excluding carboxylic acids is 2. The van der Waals surface area contributed by atoms with Gasteiger partial charge in [-0.3, -0.25) is 18.6 Å². The molecule has 2 saturated heterocycles. The number of carboxylic acids is 1. The standard InChI is InChI=1S/C27H34N3O7P/c1-20(25(31)29-16-8-14-23(29)26(32)30-17-9-15-24(30)27(33)34)28-38(35,36-18-21-10-4-2-5-11-21)37-19-22-12-6-3-7-13-22/h2-7,10-13,20,23-24H,8-9,14-19H2,1H3,(H,28,35)(H,33,34)/t20-,23-,24-/m0/s1. The molecule has 0 spiro atoms. The summed E-state index contributed by atoms with van der Waals surface area (Å²) in [6, 6.07) is 15.8. The van der Waals surface area contributed by atoms with Crippen LogP contribution in [0.15, 0.2) is 60.7 Å². The number of nitrogens with one attached hydrogen (secondary N) is 1. The van der Waals surface area contributed by atoms with Gasteiger partial charge in [0.05, 0.1) is 19.3 Å². The van der Waals surface area contributed by atoms with Gasteiger partial charge in [-0.15, -0.1) is 0 Å². The van der Waals surface area contributed by atoms with Crippen molar-refractivity contribution in [2.24, 2.45) is 0 Å². The van der Waals surface area contributed by atoms with Crippen molar-refractivity contribution in [2.45, 2.75) is 63.9 Å². The molecule has 0 aromatic heterocycles. The second kappa shape index (κ2) is 12.7. The Balaban J connectivity index is 1.45. The zero-order valence-corrected chi connectivity index (χ0v) is 22.3. The molecule has 2 N–H and O–H groups in total. The van der Waals surface area contributed by atoms with Gasteiger partial charge in [-0.25, -0.2) is 14.4 Å². The van der Waals surface area contributed by atoms with Gasteiger partial charge in [0.2, 0.25) is 11.8 Å². The summed E-state index contributed by atoms with van der Waals surface area (Å²) in [5, 5.41) is 12.3. The van der Waals surface area contributed by atoms with Gasteiger partial charge in [0.1, 0.15) is 12.1 Å². The van der Waals surface area contributed by atoms with Crippen LogP contribution in [0.25, 0.3) is 0 Å². The van der Waals surface area contributed by atoms with Crippen LogP contribution in [0.1, 0.15) is 43.7 Å². The van der Waals surface area contributed by atoms with Crippen LogP contribution in [-0.2, 0) is 41.2 Å². The van der Waals surface area contributed by atoms with Crippen molar-refractivity contribution in [3.8, 4) is 0 Å². The third-order valence-electron chi connectivity index (χ3n) is 6.85. The number of carbonyl (C=O) groups is 3. The van der Waals surface area contributed by atoms with Gasteiger partial charge in [-0.05, 0) is 43.7 Å². The van der Waals surface area contributed by atoms with Gasteiger partial charge in [0, 0.05) is 13.1 Å². The summed E-state index contributed by atoms with van der Waals surface area (Å²) < 4.78 is 25.2. The van der Waals surface area contributed by atoms with Gasteiger partial charge in [0.25, 0.3) is 0 Å². The number of nitrogens with zero attached hydrogens (tertiary/aromatic N) is 2. The maximum absolute atomic E-state index is 13.8. The summed E-state index contributed by atoms with van der Waals surface area (Å²) in [5.74, 6) is -1.80. The lowest BCUT2D eigenvalue weighted by molar-refractivity contribution is -0.152. The van der Waals surface area contributed by atoms with Crippen LogP contribution < -0.4 is 5.09 Å². The van der Waals surface area contributed by atoms with Crippen molar-refractivity contribution in [2.75, 3.05) is 13.1 Å². The third-order valence-corrected chi connectivity index (χ3v) is 8.49. The third kappa shape index (κ3) is 6.88. The second-order valence-electron chi connectivity index (χ2n) is 9.58. The Labute approximate surface area is 222 Å². The fraction of sp³-hybridized carbons (Fsp3) is 0.444. The van der Waals surface area contributed by atoms with E-state index in [1.165, 1.54) is 9.80 Å². The van der Waals surface area contributed by atoms with Crippen molar-refractivity contribution in [3.05, 3.63) is 71.8 Å². The van der Waals surface area contributed by atoms with E-state index in [0.29, 0.717) is 38.8 Å². The first kappa shape index (κ1) is 28.0. The lowest BCUT2D eigenvalue weighted by Gasteiger charge is -2.32. The molecule has 38 heavy (non-hydrogen) atoms. The molecule has 204 valence electrons. The van der Waals surface area contributed by atoms with E-state index >= 15 is 0 Å². The Hall–Kier alpha value is -3.04. The number of rotatable bonds is 11. The first-order chi connectivity index (χ1) is 18.3. The van der Waals surface area contributed by atoms with Crippen molar-refractivity contribution in [1.29, 1.82) is 0 Å². The van der Waals surface area contributed by atoms with Crippen LogP contribution in [0.2, 0.25) is 0 Å². The molecule has 10 nitrogen and oxygen atoms in total. The highest BCUT2D eigenvalue weighted by Crippen LogP contribution is 2.46. The minimum atomic E-state index is -3.96. The Morgan fingerprint density at radius 3 is 1.92 bits per heavy atom. The second-order valence-corrected chi connectivity index (χ2v) is 11.4. The normalized spacial score (nSPS) is 20.4. The molecule has 2 aliphatic heterocycles. The van der Waals surface area contributed by atoms with E-state index in [0.717, 1.165) is 11.1 Å². The molecule has 2 heterocycles. The number of carboxylic acid groups (broad SMARTS) is 1. The molecule has 3 atom stereocenters. The van der Waals surface area contributed by atoms with Crippen LogP contribution in [0.5, 0.6) is 0 Å².